The number of hydrogen-bond donors (Lipinski definition) is 0. The van der Waals surface area contributed by atoms with Crippen LogP contribution in [-0.4, -0.2) is 35.7 Å². The zero-order chi connectivity index (χ0) is 17.1. The molecule has 0 saturated carbocycles. The standard InChI is InChI=1S/C18H16ClNO3S/c1-23-18(22)15-11-24-17(13-7-9-14(19)10-8-13)20(15)16(21)12-5-3-2-4-6-12/h2-10,15,17H,11H2,1H3/t15-,17+/m0/s1. The highest BCUT2D eigenvalue weighted by atomic mass is 35.5. The highest BCUT2D eigenvalue weighted by molar-refractivity contribution is 7.99. The van der Waals surface area contributed by atoms with Crippen molar-refractivity contribution in [3.63, 3.8) is 0 Å². The number of amides is 1. The number of nitrogens with zero attached hydrogens (tertiary/aromatic N) is 1. The summed E-state index contributed by atoms with van der Waals surface area (Å²) in [5, 5.41) is 0.381. The molecule has 6 heteroatoms. The number of rotatable bonds is 3. The van der Waals surface area contributed by atoms with E-state index in [1.165, 1.54) is 7.11 Å². The average molecular weight is 362 g/mol. The minimum absolute atomic E-state index is 0.184. The second-order valence-electron chi connectivity index (χ2n) is 5.35. The van der Waals surface area contributed by atoms with Gasteiger partial charge in [0.2, 0.25) is 0 Å². The van der Waals surface area contributed by atoms with E-state index in [-0.39, 0.29) is 11.3 Å². The summed E-state index contributed by atoms with van der Waals surface area (Å²) in [7, 11) is 1.34. The Morgan fingerprint density at radius 1 is 1.12 bits per heavy atom. The van der Waals surface area contributed by atoms with Gasteiger partial charge in [-0.25, -0.2) is 4.79 Å². The van der Waals surface area contributed by atoms with Crippen LogP contribution in [0.15, 0.2) is 54.6 Å². The number of benzene rings is 2. The summed E-state index contributed by atoms with van der Waals surface area (Å²) < 4.78 is 4.89. The number of esters is 1. The van der Waals surface area contributed by atoms with E-state index < -0.39 is 12.0 Å². The van der Waals surface area contributed by atoms with Crippen LogP contribution in [0.5, 0.6) is 0 Å². The summed E-state index contributed by atoms with van der Waals surface area (Å²) in [5.74, 6) is -0.0855. The predicted octanol–water partition coefficient (Wildman–Crippen LogP) is 3.77. The van der Waals surface area contributed by atoms with Crippen LogP contribution in [0, 0.1) is 0 Å². The molecular formula is C18H16ClNO3S. The smallest absolute Gasteiger partial charge is 0.329 e. The van der Waals surface area contributed by atoms with E-state index in [1.54, 1.807) is 53.1 Å². The number of carbonyl (C=O) groups is 2. The maximum atomic E-state index is 13.0. The van der Waals surface area contributed by atoms with Crippen molar-refractivity contribution < 1.29 is 14.3 Å². The number of methoxy groups -OCH3 is 1. The third-order valence-electron chi connectivity index (χ3n) is 3.88. The van der Waals surface area contributed by atoms with E-state index >= 15 is 0 Å². The van der Waals surface area contributed by atoms with Gasteiger partial charge in [-0.1, -0.05) is 41.9 Å². The van der Waals surface area contributed by atoms with Crippen LogP contribution in [0.1, 0.15) is 21.3 Å². The Kier molecular flexibility index (Phi) is 5.11. The first-order valence-electron chi connectivity index (χ1n) is 7.44. The molecule has 4 nitrogen and oxygen atoms in total. The topological polar surface area (TPSA) is 46.6 Å². The molecule has 1 saturated heterocycles. The van der Waals surface area contributed by atoms with Crippen LogP contribution < -0.4 is 0 Å². The third kappa shape index (κ3) is 3.28. The van der Waals surface area contributed by atoms with Gasteiger partial charge in [-0.15, -0.1) is 11.8 Å². The summed E-state index contributed by atoms with van der Waals surface area (Å²) in [6, 6.07) is 15.7. The van der Waals surface area contributed by atoms with E-state index in [2.05, 4.69) is 0 Å². The molecule has 124 valence electrons. The number of ether oxygens (including phenoxy) is 1. The highest BCUT2D eigenvalue weighted by Crippen LogP contribution is 2.42. The lowest BCUT2D eigenvalue weighted by Crippen LogP contribution is -2.43. The van der Waals surface area contributed by atoms with E-state index in [1.807, 2.05) is 18.2 Å². The second-order valence-corrected chi connectivity index (χ2v) is 6.90. The lowest BCUT2D eigenvalue weighted by molar-refractivity contribution is -0.145. The minimum Gasteiger partial charge on any atom is -0.467 e. The fraction of sp³-hybridized carbons (Fsp3) is 0.222. The fourth-order valence-electron chi connectivity index (χ4n) is 2.69. The van der Waals surface area contributed by atoms with Crippen LogP contribution in [0.25, 0.3) is 0 Å². The lowest BCUT2D eigenvalue weighted by Gasteiger charge is -2.28. The average Bonchev–Trinajstić information content (AvgIpc) is 3.06. The Hall–Kier alpha value is -1.98. The molecule has 0 aromatic heterocycles. The van der Waals surface area contributed by atoms with Crippen molar-refractivity contribution in [1.82, 2.24) is 4.90 Å². The number of thioether (sulfide) groups is 1. The van der Waals surface area contributed by atoms with Gasteiger partial charge in [0.05, 0.1) is 7.11 Å². The largest absolute Gasteiger partial charge is 0.467 e. The van der Waals surface area contributed by atoms with Crippen molar-refractivity contribution in [2.24, 2.45) is 0 Å². The van der Waals surface area contributed by atoms with Crippen LogP contribution in [0.3, 0.4) is 0 Å². The molecule has 1 amide bonds. The van der Waals surface area contributed by atoms with Gasteiger partial charge >= 0.3 is 5.97 Å². The molecule has 1 aliphatic rings. The molecule has 0 N–H and O–H groups in total. The van der Waals surface area contributed by atoms with Gasteiger partial charge in [-0.2, -0.15) is 0 Å². The molecule has 2 atom stereocenters. The van der Waals surface area contributed by atoms with Gasteiger partial charge in [0.25, 0.3) is 5.91 Å². The molecule has 0 bridgehead atoms. The van der Waals surface area contributed by atoms with Gasteiger partial charge in [0, 0.05) is 16.3 Å². The highest BCUT2D eigenvalue weighted by Gasteiger charge is 2.43. The first-order chi connectivity index (χ1) is 11.6. The Labute approximate surface area is 149 Å². The van der Waals surface area contributed by atoms with E-state index in [0.717, 1.165) is 5.56 Å². The molecule has 0 aliphatic carbocycles. The number of halogens is 1. The second kappa shape index (κ2) is 7.28. The zero-order valence-corrected chi connectivity index (χ0v) is 14.6. The van der Waals surface area contributed by atoms with Crippen LogP contribution in [0.4, 0.5) is 0 Å². The Morgan fingerprint density at radius 3 is 2.42 bits per heavy atom. The molecule has 3 rings (SSSR count). The van der Waals surface area contributed by atoms with E-state index in [0.29, 0.717) is 16.3 Å². The Bertz CT molecular complexity index is 736. The van der Waals surface area contributed by atoms with Crippen molar-refractivity contribution >= 4 is 35.2 Å². The van der Waals surface area contributed by atoms with Gasteiger partial charge in [-0.05, 0) is 29.8 Å². The zero-order valence-electron chi connectivity index (χ0n) is 13.0. The SMILES string of the molecule is COC(=O)[C@@H]1CS[C@H](c2ccc(Cl)cc2)N1C(=O)c1ccccc1. The monoisotopic (exact) mass is 361 g/mol. The molecule has 1 heterocycles. The van der Waals surface area contributed by atoms with Crippen LogP contribution in [-0.2, 0) is 9.53 Å². The van der Waals surface area contributed by atoms with Crippen molar-refractivity contribution in [3.8, 4) is 0 Å². The Balaban J connectivity index is 1.97. The Morgan fingerprint density at radius 2 is 1.79 bits per heavy atom. The van der Waals surface area contributed by atoms with Crippen molar-refractivity contribution in [2.75, 3.05) is 12.9 Å². The predicted molar refractivity (Wildman–Crippen MR) is 95.1 cm³/mol. The fourth-order valence-corrected chi connectivity index (χ4v) is 4.23. The maximum absolute atomic E-state index is 13.0. The van der Waals surface area contributed by atoms with Crippen molar-refractivity contribution in [1.29, 1.82) is 0 Å². The molecule has 1 fully saturated rings. The lowest BCUT2D eigenvalue weighted by atomic mass is 10.1. The summed E-state index contributed by atoms with van der Waals surface area (Å²) >= 11 is 7.50. The van der Waals surface area contributed by atoms with Crippen LogP contribution >= 0.6 is 23.4 Å². The molecule has 24 heavy (non-hydrogen) atoms. The summed E-state index contributed by atoms with van der Waals surface area (Å²) in [6.45, 7) is 0. The van der Waals surface area contributed by atoms with Crippen molar-refractivity contribution in [3.05, 3.63) is 70.7 Å². The van der Waals surface area contributed by atoms with Crippen LogP contribution in [0.2, 0.25) is 5.02 Å². The van der Waals surface area contributed by atoms with E-state index in [4.69, 9.17) is 16.3 Å². The molecular weight excluding hydrogens is 346 g/mol. The number of carbonyl (C=O) groups excluding carboxylic acids is 2. The number of hydrogen-bond acceptors (Lipinski definition) is 4. The normalized spacial score (nSPS) is 20.0. The quantitative estimate of drug-likeness (QED) is 0.781. The first kappa shape index (κ1) is 16.9. The third-order valence-corrected chi connectivity index (χ3v) is 5.46. The molecule has 0 unspecified atom stereocenters. The minimum atomic E-state index is -0.603. The molecule has 0 radical (unpaired) electrons. The van der Waals surface area contributed by atoms with Gasteiger partial charge in [-0.3, -0.25) is 4.79 Å². The molecule has 1 aliphatic heterocycles. The molecule has 2 aromatic carbocycles. The van der Waals surface area contributed by atoms with Crippen molar-refractivity contribution in [2.45, 2.75) is 11.4 Å². The summed E-state index contributed by atoms with van der Waals surface area (Å²) in [6.07, 6.45) is 0. The van der Waals surface area contributed by atoms with Gasteiger partial charge in [0.1, 0.15) is 11.4 Å². The van der Waals surface area contributed by atoms with E-state index in [9.17, 15) is 9.59 Å². The molecule has 0 spiro atoms. The maximum Gasteiger partial charge on any atom is 0.329 e. The van der Waals surface area contributed by atoms with Gasteiger partial charge < -0.3 is 9.64 Å². The summed E-state index contributed by atoms with van der Waals surface area (Å²) in [5.41, 5.74) is 1.48. The van der Waals surface area contributed by atoms with Gasteiger partial charge in [0.15, 0.2) is 0 Å². The first-order valence-corrected chi connectivity index (χ1v) is 8.87. The molecule has 2 aromatic rings. The summed E-state index contributed by atoms with van der Waals surface area (Å²) in [4.78, 5) is 26.8.